The van der Waals surface area contributed by atoms with E-state index in [0.29, 0.717) is 22.4 Å². The molecule has 0 amide bonds. The third-order valence-electron chi connectivity index (χ3n) is 4.14. The minimum absolute atomic E-state index is 0.160. The van der Waals surface area contributed by atoms with Gasteiger partial charge in [-0.25, -0.2) is 9.97 Å². The van der Waals surface area contributed by atoms with Crippen molar-refractivity contribution < 1.29 is 5.11 Å². The molecule has 0 aliphatic heterocycles. The Kier molecular flexibility index (Phi) is 6.32. The first-order valence-corrected chi connectivity index (χ1v) is 9.51. The predicted molar refractivity (Wildman–Crippen MR) is 111 cm³/mol. The summed E-state index contributed by atoms with van der Waals surface area (Å²) in [6.07, 6.45) is -0.628. The van der Waals surface area contributed by atoms with Crippen LogP contribution in [-0.4, -0.2) is 21.6 Å². The van der Waals surface area contributed by atoms with Crippen LogP contribution in [0.3, 0.4) is 0 Å². The van der Waals surface area contributed by atoms with Crippen molar-refractivity contribution in [1.29, 1.82) is 0 Å². The number of aromatic nitrogens is 2. The van der Waals surface area contributed by atoms with Gasteiger partial charge in [-0.1, -0.05) is 73.4 Å². The van der Waals surface area contributed by atoms with Crippen LogP contribution < -0.4 is 5.32 Å². The summed E-state index contributed by atoms with van der Waals surface area (Å²) in [6.45, 7) is 4.42. The van der Waals surface area contributed by atoms with Crippen molar-refractivity contribution in [3.8, 4) is 11.3 Å². The number of aliphatic hydroxyl groups is 1. The largest absolute Gasteiger partial charge is 0.387 e. The Morgan fingerprint density at radius 3 is 2.37 bits per heavy atom. The Bertz CT molecular complexity index is 917. The molecule has 0 fully saturated rings. The van der Waals surface area contributed by atoms with Crippen LogP contribution in [-0.2, 0) is 0 Å². The molecule has 0 saturated carbocycles. The molecule has 27 heavy (non-hydrogen) atoms. The standard InChI is InChI=1S/C21H21Cl2N3O/c1-13(2)21-25-18(15-8-9-16(22)17(23)10-15)11-20(26-21)24-12-19(27)14-6-4-3-5-7-14/h3-11,13,19,27H,12H2,1-2H3,(H,24,25,26)/t19-/m0/s1. The zero-order valence-corrected chi connectivity index (χ0v) is 16.7. The van der Waals surface area contributed by atoms with Gasteiger partial charge < -0.3 is 10.4 Å². The van der Waals surface area contributed by atoms with Gasteiger partial charge in [0.05, 0.1) is 21.8 Å². The van der Waals surface area contributed by atoms with Crippen LogP contribution in [0.5, 0.6) is 0 Å². The van der Waals surface area contributed by atoms with Gasteiger partial charge in [-0.3, -0.25) is 0 Å². The van der Waals surface area contributed by atoms with E-state index in [0.717, 1.165) is 22.6 Å². The molecule has 140 valence electrons. The molecule has 2 aromatic carbocycles. The van der Waals surface area contributed by atoms with Crippen molar-refractivity contribution in [2.45, 2.75) is 25.9 Å². The molecule has 0 spiro atoms. The summed E-state index contributed by atoms with van der Waals surface area (Å²) in [5.74, 6) is 1.53. The minimum Gasteiger partial charge on any atom is -0.387 e. The van der Waals surface area contributed by atoms with Gasteiger partial charge in [-0.05, 0) is 17.7 Å². The number of halogens is 2. The van der Waals surface area contributed by atoms with Gasteiger partial charge in [0.15, 0.2) is 0 Å². The summed E-state index contributed by atoms with van der Waals surface area (Å²) >= 11 is 12.2. The average Bonchev–Trinajstić information content (AvgIpc) is 2.68. The molecule has 6 heteroatoms. The second-order valence-electron chi connectivity index (χ2n) is 6.59. The number of rotatable bonds is 6. The monoisotopic (exact) mass is 401 g/mol. The summed E-state index contributed by atoms with van der Waals surface area (Å²) in [6, 6.07) is 16.8. The fraction of sp³-hybridized carbons (Fsp3) is 0.238. The first kappa shape index (κ1) is 19.6. The third kappa shape index (κ3) is 4.98. The zero-order valence-electron chi connectivity index (χ0n) is 15.2. The molecule has 0 bridgehead atoms. The summed E-state index contributed by atoms with van der Waals surface area (Å²) in [5, 5.41) is 14.6. The molecule has 1 heterocycles. The van der Waals surface area contributed by atoms with Gasteiger partial charge in [0.25, 0.3) is 0 Å². The lowest BCUT2D eigenvalue weighted by Gasteiger charge is -2.15. The lowest BCUT2D eigenvalue weighted by Crippen LogP contribution is -2.14. The number of nitrogens with one attached hydrogen (secondary N) is 1. The lowest BCUT2D eigenvalue weighted by molar-refractivity contribution is 0.191. The number of anilines is 1. The number of aliphatic hydroxyl groups excluding tert-OH is 1. The number of nitrogens with zero attached hydrogens (tertiary/aromatic N) is 2. The maximum Gasteiger partial charge on any atom is 0.133 e. The summed E-state index contributed by atoms with van der Waals surface area (Å²) < 4.78 is 0. The Balaban J connectivity index is 1.86. The average molecular weight is 402 g/mol. The van der Waals surface area contributed by atoms with Gasteiger partial charge >= 0.3 is 0 Å². The topological polar surface area (TPSA) is 58.0 Å². The molecule has 0 saturated heterocycles. The van der Waals surface area contributed by atoms with Crippen LogP contribution in [0.1, 0.15) is 37.3 Å². The summed E-state index contributed by atoms with van der Waals surface area (Å²) in [7, 11) is 0. The predicted octanol–water partition coefficient (Wildman–Crippen LogP) is 5.72. The third-order valence-corrected chi connectivity index (χ3v) is 4.88. The molecule has 2 N–H and O–H groups in total. The van der Waals surface area contributed by atoms with E-state index in [9.17, 15) is 5.11 Å². The SMILES string of the molecule is CC(C)c1nc(NC[C@H](O)c2ccccc2)cc(-c2ccc(Cl)c(Cl)c2)n1. The van der Waals surface area contributed by atoms with E-state index in [2.05, 4.69) is 15.3 Å². The second kappa shape index (κ2) is 8.70. The molecular weight excluding hydrogens is 381 g/mol. The van der Waals surface area contributed by atoms with E-state index in [4.69, 9.17) is 23.2 Å². The highest BCUT2D eigenvalue weighted by molar-refractivity contribution is 6.42. The van der Waals surface area contributed by atoms with E-state index in [-0.39, 0.29) is 5.92 Å². The molecule has 0 radical (unpaired) electrons. The number of benzene rings is 2. The smallest absolute Gasteiger partial charge is 0.133 e. The number of hydrogen-bond acceptors (Lipinski definition) is 4. The summed E-state index contributed by atoms with van der Waals surface area (Å²) in [4.78, 5) is 9.22. The molecule has 0 unspecified atom stereocenters. The van der Waals surface area contributed by atoms with E-state index in [1.165, 1.54) is 0 Å². The maximum atomic E-state index is 10.4. The first-order valence-electron chi connectivity index (χ1n) is 8.75. The highest BCUT2D eigenvalue weighted by Crippen LogP contribution is 2.29. The van der Waals surface area contributed by atoms with E-state index in [1.807, 2.05) is 56.3 Å². The first-order chi connectivity index (χ1) is 12.9. The van der Waals surface area contributed by atoms with Crippen molar-refractivity contribution in [3.05, 3.63) is 76.0 Å². The van der Waals surface area contributed by atoms with Gasteiger partial charge in [0.2, 0.25) is 0 Å². The van der Waals surface area contributed by atoms with Gasteiger partial charge in [0, 0.05) is 24.1 Å². The van der Waals surface area contributed by atoms with Crippen LogP contribution in [0.4, 0.5) is 5.82 Å². The van der Waals surface area contributed by atoms with E-state index in [1.54, 1.807) is 12.1 Å². The Hall–Kier alpha value is -2.14. The molecule has 4 nitrogen and oxygen atoms in total. The van der Waals surface area contributed by atoms with Crippen LogP contribution >= 0.6 is 23.2 Å². The lowest BCUT2D eigenvalue weighted by atomic mass is 10.1. The Morgan fingerprint density at radius 1 is 0.963 bits per heavy atom. The van der Waals surface area contributed by atoms with Crippen LogP contribution in [0, 0.1) is 0 Å². The fourth-order valence-corrected chi connectivity index (χ4v) is 2.91. The minimum atomic E-state index is -0.628. The van der Waals surface area contributed by atoms with E-state index < -0.39 is 6.10 Å². The molecule has 0 aliphatic carbocycles. The highest BCUT2D eigenvalue weighted by atomic mass is 35.5. The highest BCUT2D eigenvalue weighted by Gasteiger charge is 2.12. The quantitative estimate of drug-likeness (QED) is 0.554. The van der Waals surface area contributed by atoms with Crippen molar-refractivity contribution >= 4 is 29.0 Å². The van der Waals surface area contributed by atoms with Crippen molar-refractivity contribution in [2.75, 3.05) is 11.9 Å². The zero-order chi connectivity index (χ0) is 19.4. The number of hydrogen-bond donors (Lipinski definition) is 2. The molecular formula is C21H21Cl2N3O. The van der Waals surface area contributed by atoms with Crippen molar-refractivity contribution in [2.24, 2.45) is 0 Å². The normalized spacial score (nSPS) is 12.2. The maximum absolute atomic E-state index is 10.4. The molecule has 3 rings (SSSR count). The van der Waals surface area contributed by atoms with Gasteiger partial charge in [-0.15, -0.1) is 0 Å². The van der Waals surface area contributed by atoms with Crippen LogP contribution in [0.25, 0.3) is 11.3 Å². The van der Waals surface area contributed by atoms with Crippen molar-refractivity contribution in [3.63, 3.8) is 0 Å². The molecule has 1 aromatic heterocycles. The molecule has 0 aliphatic rings. The fourth-order valence-electron chi connectivity index (χ4n) is 2.61. The van der Waals surface area contributed by atoms with Crippen LogP contribution in [0.15, 0.2) is 54.6 Å². The molecule has 3 aromatic rings. The van der Waals surface area contributed by atoms with Gasteiger partial charge in [-0.2, -0.15) is 0 Å². The Labute approximate surface area is 169 Å². The van der Waals surface area contributed by atoms with Crippen molar-refractivity contribution in [1.82, 2.24) is 9.97 Å². The van der Waals surface area contributed by atoms with Gasteiger partial charge in [0.1, 0.15) is 11.6 Å². The van der Waals surface area contributed by atoms with E-state index >= 15 is 0 Å². The summed E-state index contributed by atoms with van der Waals surface area (Å²) in [5.41, 5.74) is 2.47. The Morgan fingerprint density at radius 2 is 1.70 bits per heavy atom. The van der Waals surface area contributed by atoms with Crippen LogP contribution in [0.2, 0.25) is 10.0 Å². The molecule has 1 atom stereocenters. The second-order valence-corrected chi connectivity index (χ2v) is 7.40.